The summed E-state index contributed by atoms with van der Waals surface area (Å²) in [5.41, 5.74) is -4.40. The van der Waals surface area contributed by atoms with E-state index in [4.69, 9.17) is 21.1 Å². The molecule has 5 rings (SSSR count). The van der Waals surface area contributed by atoms with Crippen LogP contribution in [-0.2, 0) is 11.1 Å². The van der Waals surface area contributed by atoms with Gasteiger partial charge in [-0.15, -0.1) is 0 Å². The maximum atomic E-state index is 14.7. The van der Waals surface area contributed by atoms with Gasteiger partial charge in [-0.25, -0.2) is 9.37 Å². The van der Waals surface area contributed by atoms with Gasteiger partial charge in [-0.2, -0.15) is 13.2 Å². The number of amides is 1. The summed E-state index contributed by atoms with van der Waals surface area (Å²) in [6.07, 6.45) is -0.462. The molecule has 0 aliphatic heterocycles. The second-order valence-electron chi connectivity index (χ2n) is 11.9. The molecule has 2 aliphatic rings. The zero-order valence-corrected chi connectivity index (χ0v) is 25.3. The van der Waals surface area contributed by atoms with Crippen molar-refractivity contribution in [3.05, 3.63) is 76.2 Å². The molecule has 1 heterocycles. The van der Waals surface area contributed by atoms with Crippen molar-refractivity contribution < 1.29 is 36.9 Å². The number of methoxy groups -OCH3 is 1. The minimum atomic E-state index is -5.24. The lowest BCUT2D eigenvalue weighted by Gasteiger charge is -2.38. The molecule has 0 saturated heterocycles. The largest absolute Gasteiger partial charge is 0.493 e. The number of nitrogens with zero attached hydrogens (tertiary/aromatic N) is 1. The number of carbonyl (C=O) groups is 1. The first-order valence-corrected chi connectivity index (χ1v) is 14.8. The fourth-order valence-corrected chi connectivity index (χ4v) is 5.15. The molecule has 7 nitrogen and oxygen atoms in total. The van der Waals surface area contributed by atoms with E-state index >= 15 is 0 Å². The van der Waals surface area contributed by atoms with Gasteiger partial charge in [0.05, 0.1) is 36.2 Å². The summed E-state index contributed by atoms with van der Waals surface area (Å²) < 4.78 is 69.2. The van der Waals surface area contributed by atoms with Gasteiger partial charge in [-0.1, -0.05) is 18.0 Å². The van der Waals surface area contributed by atoms with Crippen LogP contribution in [0.25, 0.3) is 11.3 Å². The average molecular weight is 636 g/mol. The van der Waals surface area contributed by atoms with Gasteiger partial charge in [0.1, 0.15) is 5.82 Å². The number of hydrogen-bond acceptors (Lipinski definition) is 6. The molecule has 0 spiro atoms. The summed E-state index contributed by atoms with van der Waals surface area (Å²) in [5, 5.41) is 16.8. The molecule has 2 saturated carbocycles. The maximum absolute atomic E-state index is 14.7. The van der Waals surface area contributed by atoms with E-state index in [1.807, 2.05) is 13.8 Å². The quantitative estimate of drug-likeness (QED) is 0.205. The second-order valence-corrected chi connectivity index (χ2v) is 12.3. The number of hydrogen-bond donors (Lipinski definition) is 3. The smallest absolute Gasteiger partial charge is 0.424 e. The van der Waals surface area contributed by atoms with E-state index in [1.54, 1.807) is 6.07 Å². The van der Waals surface area contributed by atoms with Gasteiger partial charge in [0.2, 0.25) is 5.60 Å². The van der Waals surface area contributed by atoms with Crippen molar-refractivity contribution in [3.63, 3.8) is 0 Å². The molecule has 1 amide bonds. The van der Waals surface area contributed by atoms with Crippen molar-refractivity contribution in [2.24, 2.45) is 0 Å². The molecule has 3 N–H and O–H groups in total. The predicted molar refractivity (Wildman–Crippen MR) is 157 cm³/mol. The van der Waals surface area contributed by atoms with E-state index in [1.165, 1.54) is 43.5 Å². The molecule has 1 unspecified atom stereocenters. The Morgan fingerprint density at radius 1 is 1.05 bits per heavy atom. The molecule has 3 aromatic rings. The van der Waals surface area contributed by atoms with E-state index in [-0.39, 0.29) is 39.7 Å². The number of nitrogens with one attached hydrogen (secondary N) is 2. The van der Waals surface area contributed by atoms with Crippen molar-refractivity contribution in [2.45, 2.75) is 75.4 Å². The number of halogens is 5. The predicted octanol–water partition coefficient (Wildman–Crippen LogP) is 6.65. The highest BCUT2D eigenvalue weighted by molar-refractivity contribution is 6.31. The van der Waals surface area contributed by atoms with Crippen LogP contribution in [0.5, 0.6) is 11.5 Å². The number of pyridine rings is 1. The first-order chi connectivity index (χ1) is 20.7. The van der Waals surface area contributed by atoms with Crippen LogP contribution in [0, 0.1) is 5.82 Å². The summed E-state index contributed by atoms with van der Waals surface area (Å²) in [5.74, 6) is -0.880. The van der Waals surface area contributed by atoms with Crippen LogP contribution in [0.15, 0.2) is 48.5 Å². The van der Waals surface area contributed by atoms with Crippen molar-refractivity contribution >= 4 is 17.5 Å². The SMILES string of the molecule is COc1cc(C(=O)NCC(O)(c2cc(C(C)(C)NC3CCC3)cc(-c3ccc(F)c(Cl)c3)n2)C(F)(F)F)ccc1OC1CC1. The highest BCUT2D eigenvalue weighted by atomic mass is 35.5. The van der Waals surface area contributed by atoms with Gasteiger partial charge in [0.15, 0.2) is 11.5 Å². The molecule has 0 bridgehead atoms. The Hall–Kier alpha value is -3.41. The van der Waals surface area contributed by atoms with Crippen molar-refractivity contribution in [3.8, 4) is 22.8 Å². The third-order valence-corrected chi connectivity index (χ3v) is 8.36. The molecule has 1 atom stereocenters. The summed E-state index contributed by atoms with van der Waals surface area (Å²) in [6.45, 7) is 2.42. The van der Waals surface area contributed by atoms with Crippen LogP contribution in [0.2, 0.25) is 5.02 Å². The van der Waals surface area contributed by atoms with E-state index in [0.717, 1.165) is 38.2 Å². The van der Waals surface area contributed by atoms with E-state index in [0.29, 0.717) is 11.3 Å². The Morgan fingerprint density at radius 2 is 1.77 bits per heavy atom. The first-order valence-electron chi connectivity index (χ1n) is 14.4. The number of carbonyl (C=O) groups excluding carboxylic acids is 1. The van der Waals surface area contributed by atoms with Crippen LogP contribution in [0.4, 0.5) is 17.6 Å². The lowest BCUT2D eigenvalue weighted by atomic mass is 9.85. The molecule has 236 valence electrons. The Labute approximate surface area is 257 Å². The number of ether oxygens (including phenoxy) is 2. The topological polar surface area (TPSA) is 92.7 Å². The van der Waals surface area contributed by atoms with Crippen molar-refractivity contribution in [1.29, 1.82) is 0 Å². The van der Waals surface area contributed by atoms with Crippen LogP contribution < -0.4 is 20.1 Å². The number of alkyl halides is 3. The van der Waals surface area contributed by atoms with E-state index in [2.05, 4.69) is 15.6 Å². The highest BCUT2D eigenvalue weighted by Crippen LogP contribution is 2.41. The standard InChI is InChI=1S/C32H34ClF4N3O4/c1-30(2,40-21-5-4-6-21)20-15-25(18-7-11-24(34)23(33)13-18)39-28(16-20)31(42,32(35,36)37)17-38-29(41)19-8-12-26(27(14-19)43-3)44-22-9-10-22/h7-8,11-16,21-22,40,42H,4-6,9-10,17H2,1-3H3,(H,38,41). The minimum Gasteiger partial charge on any atom is -0.493 e. The van der Waals surface area contributed by atoms with E-state index in [9.17, 15) is 27.5 Å². The Morgan fingerprint density at radius 3 is 2.36 bits per heavy atom. The number of rotatable bonds is 11. The fourth-order valence-electron chi connectivity index (χ4n) is 4.97. The minimum absolute atomic E-state index is 0.0173. The summed E-state index contributed by atoms with van der Waals surface area (Å²) in [6, 6.07) is 11.0. The van der Waals surface area contributed by atoms with Crippen molar-refractivity contribution in [1.82, 2.24) is 15.6 Å². The normalized spacial score (nSPS) is 17.0. The molecule has 1 aromatic heterocycles. The Kier molecular flexibility index (Phi) is 8.85. The summed E-state index contributed by atoms with van der Waals surface area (Å²) >= 11 is 5.98. The fraction of sp³-hybridized carbons (Fsp3) is 0.438. The molecule has 2 fully saturated rings. The van der Waals surface area contributed by atoms with Crippen molar-refractivity contribution in [2.75, 3.05) is 13.7 Å². The highest BCUT2D eigenvalue weighted by Gasteiger charge is 2.56. The molecule has 0 radical (unpaired) electrons. The average Bonchev–Trinajstić information content (AvgIpc) is 3.78. The van der Waals surface area contributed by atoms with Crippen LogP contribution in [0.3, 0.4) is 0 Å². The van der Waals surface area contributed by atoms with Gasteiger partial charge in [0.25, 0.3) is 5.91 Å². The lowest BCUT2D eigenvalue weighted by Crippen LogP contribution is -2.52. The molecule has 2 aliphatic carbocycles. The van der Waals surface area contributed by atoms with Gasteiger partial charge in [-0.05, 0) is 93.6 Å². The monoisotopic (exact) mass is 635 g/mol. The maximum Gasteiger partial charge on any atom is 0.424 e. The number of aromatic nitrogens is 1. The Bertz CT molecular complexity index is 1540. The van der Waals surface area contributed by atoms with Crippen LogP contribution >= 0.6 is 11.6 Å². The van der Waals surface area contributed by atoms with Crippen LogP contribution in [-0.4, -0.2) is 48.0 Å². The Balaban J connectivity index is 1.50. The van der Waals surface area contributed by atoms with Gasteiger partial charge >= 0.3 is 6.18 Å². The molecule has 12 heteroatoms. The zero-order chi connectivity index (χ0) is 31.9. The summed E-state index contributed by atoms with van der Waals surface area (Å²) in [4.78, 5) is 17.2. The lowest BCUT2D eigenvalue weighted by molar-refractivity contribution is -0.265. The van der Waals surface area contributed by atoms with Gasteiger partial charge < -0.3 is 25.2 Å². The molecular formula is C32H34ClF4N3O4. The first kappa shape index (κ1) is 32.0. The molecule has 44 heavy (non-hydrogen) atoms. The van der Waals surface area contributed by atoms with Crippen LogP contribution in [0.1, 0.15) is 67.6 Å². The summed E-state index contributed by atoms with van der Waals surface area (Å²) in [7, 11) is 1.39. The number of aliphatic hydroxyl groups is 1. The second kappa shape index (κ2) is 12.2. The zero-order valence-electron chi connectivity index (χ0n) is 24.5. The van der Waals surface area contributed by atoms with E-state index < -0.39 is 41.3 Å². The number of benzene rings is 2. The third-order valence-electron chi connectivity index (χ3n) is 8.07. The molecule has 2 aromatic carbocycles. The van der Waals surface area contributed by atoms with Gasteiger partial charge in [0, 0.05) is 22.7 Å². The third kappa shape index (κ3) is 6.79. The van der Waals surface area contributed by atoms with Gasteiger partial charge in [-0.3, -0.25) is 4.79 Å². The molecular weight excluding hydrogens is 602 g/mol.